The summed E-state index contributed by atoms with van der Waals surface area (Å²) in [6.45, 7) is 7.61. The molecule has 3 heterocycles. The second kappa shape index (κ2) is 9.62. The van der Waals surface area contributed by atoms with Crippen molar-refractivity contribution in [1.82, 2.24) is 25.0 Å². The van der Waals surface area contributed by atoms with Crippen molar-refractivity contribution in [2.45, 2.75) is 44.9 Å². The standard InChI is InChI=1S/C23H24N6OS2/c1-5-18-8-6-7-9-20(18)28(17(4)30)23-24-19(14-32-23)13-31-22-11-10-21(25-26-22)29-16(3)12-15(2)27-29/h6-12,14H,5,13H2,1-4H3. The van der Waals surface area contributed by atoms with Crippen LogP contribution in [0.4, 0.5) is 10.8 Å². The van der Waals surface area contributed by atoms with Gasteiger partial charge in [0.2, 0.25) is 5.91 Å². The fourth-order valence-electron chi connectivity index (χ4n) is 3.41. The zero-order valence-electron chi connectivity index (χ0n) is 18.4. The maximum absolute atomic E-state index is 12.4. The van der Waals surface area contributed by atoms with Gasteiger partial charge in [-0.15, -0.1) is 21.5 Å². The van der Waals surface area contributed by atoms with Gasteiger partial charge in [-0.05, 0) is 50.1 Å². The topological polar surface area (TPSA) is 76.8 Å². The van der Waals surface area contributed by atoms with E-state index in [1.807, 2.05) is 61.7 Å². The molecule has 32 heavy (non-hydrogen) atoms. The molecule has 0 aliphatic rings. The number of carbonyl (C=O) groups excluding carboxylic acids is 1. The Morgan fingerprint density at radius 1 is 1.16 bits per heavy atom. The number of rotatable bonds is 7. The zero-order chi connectivity index (χ0) is 22.7. The van der Waals surface area contributed by atoms with Gasteiger partial charge in [-0.1, -0.05) is 36.9 Å². The number of aromatic nitrogens is 5. The molecule has 0 N–H and O–H groups in total. The number of para-hydroxylation sites is 1. The molecule has 1 amide bonds. The van der Waals surface area contributed by atoms with Crippen LogP contribution in [0.5, 0.6) is 0 Å². The smallest absolute Gasteiger partial charge is 0.230 e. The van der Waals surface area contributed by atoms with Gasteiger partial charge in [0.1, 0.15) is 5.03 Å². The van der Waals surface area contributed by atoms with E-state index in [4.69, 9.17) is 4.98 Å². The van der Waals surface area contributed by atoms with Gasteiger partial charge >= 0.3 is 0 Å². The van der Waals surface area contributed by atoms with E-state index in [1.54, 1.807) is 28.3 Å². The van der Waals surface area contributed by atoms with Crippen LogP contribution in [-0.4, -0.2) is 30.9 Å². The van der Waals surface area contributed by atoms with Crippen LogP contribution in [0, 0.1) is 13.8 Å². The molecule has 3 aromatic heterocycles. The molecule has 0 aliphatic heterocycles. The minimum atomic E-state index is -0.0509. The third kappa shape index (κ3) is 4.73. The molecule has 1 aromatic carbocycles. The molecular weight excluding hydrogens is 440 g/mol. The molecule has 0 saturated heterocycles. The first-order chi connectivity index (χ1) is 15.5. The van der Waals surface area contributed by atoms with Crippen molar-refractivity contribution >= 4 is 39.8 Å². The molecule has 0 spiro atoms. The summed E-state index contributed by atoms with van der Waals surface area (Å²) in [5, 5.41) is 16.6. The SMILES string of the molecule is CCc1ccccc1N(C(C)=O)c1nc(CSc2ccc(-n3nc(C)cc3C)nn2)cs1. The highest BCUT2D eigenvalue weighted by Gasteiger charge is 2.20. The fourth-order valence-corrected chi connectivity index (χ4v) is 5.10. The Balaban J connectivity index is 1.47. The fraction of sp³-hybridized carbons (Fsp3) is 0.261. The Hall–Kier alpha value is -3.04. The summed E-state index contributed by atoms with van der Waals surface area (Å²) < 4.78 is 1.79. The predicted octanol–water partition coefficient (Wildman–Crippen LogP) is 5.27. The number of benzene rings is 1. The molecular formula is C23H24N6OS2. The van der Waals surface area contributed by atoms with Crippen molar-refractivity contribution in [3.63, 3.8) is 0 Å². The van der Waals surface area contributed by atoms with E-state index < -0.39 is 0 Å². The van der Waals surface area contributed by atoms with Crippen LogP contribution < -0.4 is 4.90 Å². The lowest BCUT2D eigenvalue weighted by Gasteiger charge is -2.20. The van der Waals surface area contributed by atoms with Crippen molar-refractivity contribution < 1.29 is 4.79 Å². The number of hydrogen-bond donors (Lipinski definition) is 0. The molecule has 0 fully saturated rings. The van der Waals surface area contributed by atoms with Gasteiger partial charge < -0.3 is 0 Å². The number of hydrogen-bond acceptors (Lipinski definition) is 7. The molecule has 164 valence electrons. The maximum atomic E-state index is 12.4. The Bertz CT molecular complexity index is 1230. The van der Waals surface area contributed by atoms with E-state index >= 15 is 0 Å². The minimum Gasteiger partial charge on any atom is -0.274 e. The second-order valence-corrected chi connectivity index (χ2v) is 9.15. The van der Waals surface area contributed by atoms with Gasteiger partial charge in [0.25, 0.3) is 0 Å². The number of aryl methyl sites for hydroxylation is 3. The van der Waals surface area contributed by atoms with Crippen LogP contribution in [0.2, 0.25) is 0 Å². The maximum Gasteiger partial charge on any atom is 0.230 e. The first-order valence-corrected chi connectivity index (χ1v) is 12.2. The zero-order valence-corrected chi connectivity index (χ0v) is 20.1. The summed E-state index contributed by atoms with van der Waals surface area (Å²) in [4.78, 5) is 18.9. The summed E-state index contributed by atoms with van der Waals surface area (Å²) in [6.07, 6.45) is 0.848. The molecule has 0 unspecified atom stereocenters. The highest BCUT2D eigenvalue weighted by atomic mass is 32.2. The average Bonchev–Trinajstić information content (AvgIpc) is 3.38. The lowest BCUT2D eigenvalue weighted by atomic mass is 10.1. The number of amides is 1. The van der Waals surface area contributed by atoms with Crippen molar-refractivity contribution in [1.29, 1.82) is 0 Å². The number of thiazole rings is 1. The Labute approximate surface area is 195 Å². The summed E-state index contributed by atoms with van der Waals surface area (Å²) >= 11 is 3.03. The first-order valence-electron chi connectivity index (χ1n) is 10.3. The van der Waals surface area contributed by atoms with E-state index in [0.717, 1.165) is 39.8 Å². The van der Waals surface area contributed by atoms with Gasteiger partial charge in [0.05, 0.1) is 17.1 Å². The second-order valence-electron chi connectivity index (χ2n) is 7.32. The Kier molecular flexibility index (Phi) is 6.66. The molecule has 0 atom stereocenters. The number of thioether (sulfide) groups is 1. The molecule has 0 radical (unpaired) electrons. The third-order valence-corrected chi connectivity index (χ3v) is 6.71. The number of carbonyl (C=O) groups is 1. The van der Waals surface area contributed by atoms with Crippen molar-refractivity contribution in [3.05, 3.63) is 70.5 Å². The van der Waals surface area contributed by atoms with E-state index in [2.05, 4.69) is 22.2 Å². The monoisotopic (exact) mass is 464 g/mol. The van der Waals surface area contributed by atoms with E-state index in [1.165, 1.54) is 11.3 Å². The highest BCUT2D eigenvalue weighted by molar-refractivity contribution is 7.98. The van der Waals surface area contributed by atoms with Crippen LogP contribution in [0.3, 0.4) is 0 Å². The molecule has 0 saturated carbocycles. The lowest BCUT2D eigenvalue weighted by molar-refractivity contribution is -0.115. The summed E-state index contributed by atoms with van der Waals surface area (Å²) in [7, 11) is 0. The quantitative estimate of drug-likeness (QED) is 0.347. The Morgan fingerprint density at radius 3 is 2.62 bits per heavy atom. The van der Waals surface area contributed by atoms with Gasteiger partial charge in [-0.25, -0.2) is 9.67 Å². The summed E-state index contributed by atoms with van der Waals surface area (Å²) in [6, 6.07) is 13.8. The first kappa shape index (κ1) is 22.2. The average molecular weight is 465 g/mol. The van der Waals surface area contributed by atoms with Gasteiger partial charge in [-0.3, -0.25) is 9.69 Å². The molecule has 9 heteroatoms. The third-order valence-electron chi connectivity index (χ3n) is 4.88. The van der Waals surface area contributed by atoms with Gasteiger partial charge in [-0.2, -0.15) is 5.10 Å². The predicted molar refractivity (Wildman–Crippen MR) is 129 cm³/mol. The van der Waals surface area contributed by atoms with Crippen molar-refractivity contribution in [3.8, 4) is 5.82 Å². The van der Waals surface area contributed by atoms with Crippen LogP contribution in [0.25, 0.3) is 5.82 Å². The highest BCUT2D eigenvalue weighted by Crippen LogP contribution is 2.33. The molecule has 0 aliphatic carbocycles. The largest absolute Gasteiger partial charge is 0.274 e. The molecule has 0 bridgehead atoms. The van der Waals surface area contributed by atoms with Gasteiger partial charge in [0.15, 0.2) is 10.9 Å². The van der Waals surface area contributed by atoms with Crippen LogP contribution >= 0.6 is 23.1 Å². The van der Waals surface area contributed by atoms with Crippen LogP contribution in [-0.2, 0) is 17.0 Å². The van der Waals surface area contributed by atoms with E-state index in [-0.39, 0.29) is 5.91 Å². The van der Waals surface area contributed by atoms with Crippen molar-refractivity contribution in [2.75, 3.05) is 4.90 Å². The minimum absolute atomic E-state index is 0.0509. The number of nitrogens with zero attached hydrogens (tertiary/aromatic N) is 6. The normalized spacial score (nSPS) is 11.0. The van der Waals surface area contributed by atoms with Gasteiger partial charge in [0, 0.05) is 23.8 Å². The lowest BCUT2D eigenvalue weighted by Crippen LogP contribution is -2.23. The van der Waals surface area contributed by atoms with Crippen LogP contribution in [0.15, 0.2) is 52.9 Å². The summed E-state index contributed by atoms with van der Waals surface area (Å²) in [5.41, 5.74) is 4.88. The molecule has 7 nitrogen and oxygen atoms in total. The number of anilines is 2. The molecule has 4 rings (SSSR count). The Morgan fingerprint density at radius 2 is 1.97 bits per heavy atom. The summed E-state index contributed by atoms with van der Waals surface area (Å²) in [5.74, 6) is 1.29. The van der Waals surface area contributed by atoms with E-state index in [9.17, 15) is 4.79 Å². The van der Waals surface area contributed by atoms with Crippen molar-refractivity contribution in [2.24, 2.45) is 0 Å². The van der Waals surface area contributed by atoms with E-state index in [0.29, 0.717) is 16.7 Å². The van der Waals surface area contributed by atoms with Crippen LogP contribution in [0.1, 0.15) is 36.5 Å². The molecule has 4 aromatic rings.